The molecule has 0 amide bonds. The van der Waals surface area contributed by atoms with Crippen molar-refractivity contribution >= 4 is 11.9 Å². The number of unbranched alkanes of at least 4 members (excludes halogenated alkanes) is 18. The van der Waals surface area contributed by atoms with Crippen LogP contribution >= 0.6 is 0 Å². The molecule has 0 fully saturated rings. The monoisotopic (exact) mass is 589 g/mol. The third-order valence-electron chi connectivity index (χ3n) is 7.95. The summed E-state index contributed by atoms with van der Waals surface area (Å²) in [6.07, 6.45) is 43.9. The molecule has 0 aliphatic heterocycles. The topological polar surface area (TPSA) is 63.6 Å². The van der Waals surface area contributed by atoms with Crippen LogP contribution in [0.2, 0.25) is 0 Å². The molecule has 0 bridgehead atoms. The number of hydrogen-bond donors (Lipinski definition) is 1. The molecule has 0 aromatic carbocycles. The minimum atomic E-state index is -0.672. The standard InChI is InChI=1S/C38H68O4/c1-3-5-6-7-8-9-10-11-12-13-14-15-20-23-26-29-32-35-38(41)42-36(4-2)33-30-27-24-21-18-16-17-19-22-25-28-31-34-37(39)40/h5-6,8-9,11-12,36H,3-4,7,10,13-35H2,1-2H3,(H,39,40)/b6-5-,9-8-,12-11-. The minimum absolute atomic E-state index is 0.00259. The number of carboxylic acids is 1. The number of carbonyl (C=O) groups is 2. The van der Waals surface area contributed by atoms with Crippen LogP contribution in [0.4, 0.5) is 0 Å². The van der Waals surface area contributed by atoms with Gasteiger partial charge in [0.05, 0.1) is 0 Å². The van der Waals surface area contributed by atoms with Gasteiger partial charge in [-0.05, 0) is 64.2 Å². The van der Waals surface area contributed by atoms with E-state index < -0.39 is 5.97 Å². The first kappa shape index (κ1) is 40.2. The Morgan fingerprint density at radius 3 is 1.48 bits per heavy atom. The van der Waals surface area contributed by atoms with Crippen molar-refractivity contribution in [2.24, 2.45) is 0 Å². The Kier molecular flexibility index (Phi) is 32.2. The SMILES string of the molecule is CC/C=C\C/C=C\C/C=C\CCCCCCCCCC(=O)OC(CC)CCCCCCCCCCCCCCC(=O)O. The van der Waals surface area contributed by atoms with Gasteiger partial charge in [-0.25, -0.2) is 0 Å². The van der Waals surface area contributed by atoms with Gasteiger partial charge < -0.3 is 9.84 Å². The highest BCUT2D eigenvalue weighted by molar-refractivity contribution is 5.69. The molecule has 42 heavy (non-hydrogen) atoms. The van der Waals surface area contributed by atoms with Gasteiger partial charge in [0.15, 0.2) is 0 Å². The fraction of sp³-hybridized carbons (Fsp3) is 0.789. The van der Waals surface area contributed by atoms with Crippen molar-refractivity contribution in [3.8, 4) is 0 Å². The maximum absolute atomic E-state index is 12.3. The van der Waals surface area contributed by atoms with Crippen molar-refractivity contribution < 1.29 is 19.4 Å². The maximum atomic E-state index is 12.3. The van der Waals surface area contributed by atoms with Crippen molar-refractivity contribution in [2.75, 3.05) is 0 Å². The zero-order valence-electron chi connectivity index (χ0n) is 27.8. The van der Waals surface area contributed by atoms with Crippen LogP contribution in [0.15, 0.2) is 36.5 Å². The lowest BCUT2D eigenvalue weighted by Gasteiger charge is -2.16. The van der Waals surface area contributed by atoms with Crippen molar-refractivity contribution in [2.45, 2.75) is 193 Å². The number of hydrogen-bond acceptors (Lipinski definition) is 3. The first-order valence-electron chi connectivity index (χ1n) is 18.0. The highest BCUT2D eigenvalue weighted by Crippen LogP contribution is 2.16. The Hall–Kier alpha value is -1.84. The van der Waals surface area contributed by atoms with E-state index in [0.29, 0.717) is 12.8 Å². The van der Waals surface area contributed by atoms with E-state index in [-0.39, 0.29) is 12.1 Å². The number of carbonyl (C=O) groups excluding carboxylic acids is 1. The number of rotatable bonds is 32. The van der Waals surface area contributed by atoms with Gasteiger partial charge in [-0.3, -0.25) is 9.59 Å². The molecule has 244 valence electrons. The molecule has 4 nitrogen and oxygen atoms in total. The van der Waals surface area contributed by atoms with Crippen LogP contribution in [-0.4, -0.2) is 23.1 Å². The van der Waals surface area contributed by atoms with Gasteiger partial charge >= 0.3 is 11.9 Å². The summed E-state index contributed by atoms with van der Waals surface area (Å²) in [5.41, 5.74) is 0. The smallest absolute Gasteiger partial charge is 0.306 e. The van der Waals surface area contributed by atoms with Crippen molar-refractivity contribution in [3.63, 3.8) is 0 Å². The highest BCUT2D eigenvalue weighted by Gasteiger charge is 2.12. The summed E-state index contributed by atoms with van der Waals surface area (Å²) in [4.78, 5) is 22.8. The number of allylic oxidation sites excluding steroid dienone is 6. The Balaban J connectivity index is 3.47. The Morgan fingerprint density at radius 1 is 0.548 bits per heavy atom. The van der Waals surface area contributed by atoms with Crippen LogP contribution in [0.25, 0.3) is 0 Å². The van der Waals surface area contributed by atoms with Crippen LogP contribution in [-0.2, 0) is 14.3 Å². The Labute approximate surface area is 260 Å². The normalized spacial score (nSPS) is 12.6. The van der Waals surface area contributed by atoms with Gasteiger partial charge in [-0.1, -0.05) is 147 Å². The molecule has 0 aliphatic rings. The average molecular weight is 589 g/mol. The molecular weight excluding hydrogens is 520 g/mol. The van der Waals surface area contributed by atoms with E-state index in [1.807, 2.05) is 0 Å². The van der Waals surface area contributed by atoms with Gasteiger partial charge in [0, 0.05) is 12.8 Å². The molecule has 0 spiro atoms. The van der Waals surface area contributed by atoms with Gasteiger partial charge in [-0.2, -0.15) is 0 Å². The second-order valence-electron chi connectivity index (χ2n) is 12.0. The van der Waals surface area contributed by atoms with Crippen LogP contribution in [0.5, 0.6) is 0 Å². The molecule has 0 rings (SSSR count). The third-order valence-corrected chi connectivity index (χ3v) is 7.95. The van der Waals surface area contributed by atoms with E-state index in [0.717, 1.165) is 64.2 Å². The second-order valence-corrected chi connectivity index (χ2v) is 12.0. The van der Waals surface area contributed by atoms with Gasteiger partial charge in [-0.15, -0.1) is 0 Å². The molecule has 0 radical (unpaired) electrons. The van der Waals surface area contributed by atoms with Gasteiger partial charge in [0.25, 0.3) is 0 Å². The molecular formula is C38H68O4. The lowest BCUT2D eigenvalue weighted by molar-refractivity contribution is -0.149. The first-order valence-corrected chi connectivity index (χ1v) is 18.0. The average Bonchev–Trinajstić information content (AvgIpc) is 2.98. The quantitative estimate of drug-likeness (QED) is 0.0482. The van der Waals surface area contributed by atoms with E-state index >= 15 is 0 Å². The predicted molar refractivity (Wildman–Crippen MR) is 181 cm³/mol. The van der Waals surface area contributed by atoms with Crippen LogP contribution in [0.1, 0.15) is 187 Å². The predicted octanol–water partition coefficient (Wildman–Crippen LogP) is 12.2. The van der Waals surface area contributed by atoms with Gasteiger partial charge in [0.1, 0.15) is 6.10 Å². The Morgan fingerprint density at radius 2 is 0.976 bits per heavy atom. The number of ether oxygens (including phenoxy) is 1. The summed E-state index contributed by atoms with van der Waals surface area (Å²) in [7, 11) is 0. The van der Waals surface area contributed by atoms with E-state index in [1.54, 1.807) is 0 Å². The van der Waals surface area contributed by atoms with E-state index in [9.17, 15) is 9.59 Å². The third kappa shape index (κ3) is 32.7. The molecule has 0 saturated heterocycles. The lowest BCUT2D eigenvalue weighted by atomic mass is 10.0. The molecule has 0 aromatic rings. The minimum Gasteiger partial charge on any atom is -0.481 e. The summed E-state index contributed by atoms with van der Waals surface area (Å²) >= 11 is 0. The molecule has 0 aliphatic carbocycles. The fourth-order valence-electron chi connectivity index (χ4n) is 5.25. The summed E-state index contributed by atoms with van der Waals surface area (Å²) in [5, 5.41) is 8.65. The highest BCUT2D eigenvalue weighted by atomic mass is 16.5. The Bertz CT molecular complexity index is 679. The van der Waals surface area contributed by atoms with Crippen molar-refractivity contribution in [1.82, 2.24) is 0 Å². The summed E-state index contributed by atoms with van der Waals surface area (Å²) in [6.45, 7) is 4.30. The van der Waals surface area contributed by atoms with Crippen LogP contribution in [0, 0.1) is 0 Å². The second kappa shape index (κ2) is 33.7. The zero-order chi connectivity index (χ0) is 30.8. The molecule has 4 heteroatoms. The van der Waals surface area contributed by atoms with Crippen molar-refractivity contribution in [3.05, 3.63) is 36.5 Å². The lowest BCUT2D eigenvalue weighted by Crippen LogP contribution is -2.17. The largest absolute Gasteiger partial charge is 0.481 e. The molecule has 1 N–H and O–H groups in total. The molecule has 0 saturated carbocycles. The van der Waals surface area contributed by atoms with Crippen molar-refractivity contribution in [1.29, 1.82) is 0 Å². The summed E-state index contributed by atoms with van der Waals surface area (Å²) in [6, 6.07) is 0. The first-order chi connectivity index (χ1) is 20.6. The van der Waals surface area contributed by atoms with E-state index in [4.69, 9.17) is 9.84 Å². The molecule has 0 aromatic heterocycles. The number of esters is 1. The zero-order valence-corrected chi connectivity index (χ0v) is 27.8. The molecule has 1 atom stereocenters. The summed E-state index contributed by atoms with van der Waals surface area (Å²) < 4.78 is 5.77. The molecule has 0 heterocycles. The fourth-order valence-corrected chi connectivity index (χ4v) is 5.25. The maximum Gasteiger partial charge on any atom is 0.306 e. The molecule has 1 unspecified atom stereocenters. The van der Waals surface area contributed by atoms with Crippen LogP contribution in [0.3, 0.4) is 0 Å². The summed E-state index contributed by atoms with van der Waals surface area (Å²) in [5.74, 6) is -0.670. The van der Waals surface area contributed by atoms with E-state index in [1.165, 1.54) is 96.3 Å². The van der Waals surface area contributed by atoms with Gasteiger partial charge in [0.2, 0.25) is 0 Å². The van der Waals surface area contributed by atoms with Crippen LogP contribution < -0.4 is 0 Å². The van der Waals surface area contributed by atoms with E-state index in [2.05, 4.69) is 50.3 Å². The number of aliphatic carboxylic acids is 1. The number of carboxylic acid groups (broad SMARTS) is 1.